The molecule has 7 heteroatoms. The van der Waals surface area contributed by atoms with Gasteiger partial charge in [0.25, 0.3) is 5.91 Å². The summed E-state index contributed by atoms with van der Waals surface area (Å²) in [7, 11) is 0. The molecular formula is C25H17Cl2FN2OS. The van der Waals surface area contributed by atoms with E-state index in [4.69, 9.17) is 23.2 Å². The maximum atomic E-state index is 14.1. The van der Waals surface area contributed by atoms with Gasteiger partial charge in [0, 0.05) is 27.9 Å². The van der Waals surface area contributed by atoms with Crippen LogP contribution in [0.5, 0.6) is 0 Å². The Hall–Kier alpha value is -2.86. The Morgan fingerprint density at radius 2 is 1.75 bits per heavy atom. The van der Waals surface area contributed by atoms with E-state index in [9.17, 15) is 9.18 Å². The topological polar surface area (TPSA) is 42.0 Å². The molecule has 0 aliphatic rings. The Bertz CT molecular complexity index is 1300. The van der Waals surface area contributed by atoms with Crippen molar-refractivity contribution in [1.82, 2.24) is 4.98 Å². The van der Waals surface area contributed by atoms with Crippen molar-refractivity contribution in [1.29, 1.82) is 0 Å². The van der Waals surface area contributed by atoms with Crippen LogP contribution in [0.15, 0.2) is 83.9 Å². The highest BCUT2D eigenvalue weighted by Crippen LogP contribution is 2.32. The van der Waals surface area contributed by atoms with Gasteiger partial charge < -0.3 is 5.32 Å². The first-order valence-corrected chi connectivity index (χ1v) is 11.6. The smallest absolute Gasteiger partial charge is 0.256 e. The molecule has 0 aliphatic carbocycles. The van der Waals surface area contributed by atoms with E-state index in [0.29, 0.717) is 38.7 Å². The Labute approximate surface area is 199 Å². The lowest BCUT2D eigenvalue weighted by molar-refractivity contribution is 0.102. The van der Waals surface area contributed by atoms with Crippen molar-refractivity contribution < 1.29 is 9.18 Å². The van der Waals surface area contributed by atoms with Gasteiger partial charge in [-0.1, -0.05) is 35.3 Å². The summed E-state index contributed by atoms with van der Waals surface area (Å²) in [5.74, 6) is -0.861. The summed E-state index contributed by atoms with van der Waals surface area (Å²) >= 11 is 13.7. The van der Waals surface area contributed by atoms with Crippen LogP contribution in [0.4, 0.5) is 10.1 Å². The molecule has 4 rings (SSSR count). The second kappa shape index (κ2) is 9.74. The molecule has 0 saturated carbocycles. The minimum Gasteiger partial charge on any atom is -0.322 e. The fraction of sp³-hybridized carbons (Fsp3) is 0.0400. The lowest BCUT2D eigenvalue weighted by Gasteiger charge is -2.13. The van der Waals surface area contributed by atoms with Gasteiger partial charge in [-0.05, 0) is 78.0 Å². The zero-order chi connectivity index (χ0) is 22.7. The molecule has 0 saturated heterocycles. The Morgan fingerprint density at radius 3 is 2.47 bits per heavy atom. The third-order valence-electron chi connectivity index (χ3n) is 4.87. The standard InChI is InChI=1S/C25H17Cl2FN2OS/c1-32-17-7-8-18(19(14-17)15-5-9-22(27)23(28)12-15)25(31)30-16-6-10-21(26)20(13-16)24-4-2-3-11-29-24/h2-14H,1H3,(H,30,31). The molecule has 160 valence electrons. The van der Waals surface area contributed by atoms with Crippen molar-refractivity contribution in [3.05, 3.63) is 100 Å². The monoisotopic (exact) mass is 482 g/mol. The van der Waals surface area contributed by atoms with Crippen LogP contribution in [0.3, 0.4) is 0 Å². The predicted octanol–water partition coefficient (Wildman–Crippen LogP) is 7.84. The molecule has 0 unspecified atom stereocenters. The van der Waals surface area contributed by atoms with E-state index in [1.54, 1.807) is 36.5 Å². The van der Waals surface area contributed by atoms with Gasteiger partial charge in [-0.25, -0.2) is 4.39 Å². The maximum absolute atomic E-state index is 14.1. The van der Waals surface area contributed by atoms with Gasteiger partial charge in [0.15, 0.2) is 0 Å². The molecule has 32 heavy (non-hydrogen) atoms. The number of pyridine rings is 1. The summed E-state index contributed by atoms with van der Waals surface area (Å²) in [6, 6.07) is 20.7. The second-order valence-corrected chi connectivity index (χ2v) is 8.60. The van der Waals surface area contributed by atoms with Crippen LogP contribution in [-0.2, 0) is 0 Å². The van der Waals surface area contributed by atoms with E-state index in [-0.39, 0.29) is 10.9 Å². The maximum Gasteiger partial charge on any atom is 0.256 e. The number of benzene rings is 3. The quantitative estimate of drug-likeness (QED) is 0.294. The van der Waals surface area contributed by atoms with Crippen molar-refractivity contribution in [2.75, 3.05) is 11.6 Å². The molecule has 0 fully saturated rings. The molecule has 4 aromatic rings. The van der Waals surface area contributed by atoms with Crippen LogP contribution < -0.4 is 5.32 Å². The Morgan fingerprint density at radius 1 is 0.938 bits per heavy atom. The summed E-state index contributed by atoms with van der Waals surface area (Å²) in [5, 5.41) is 3.48. The number of amides is 1. The molecule has 0 atom stereocenters. The molecule has 0 bridgehead atoms. The zero-order valence-electron chi connectivity index (χ0n) is 16.9. The van der Waals surface area contributed by atoms with Crippen molar-refractivity contribution in [3.63, 3.8) is 0 Å². The molecule has 3 nitrogen and oxygen atoms in total. The highest BCUT2D eigenvalue weighted by Gasteiger charge is 2.16. The van der Waals surface area contributed by atoms with Gasteiger partial charge in [0.05, 0.1) is 15.7 Å². The summed E-state index contributed by atoms with van der Waals surface area (Å²) in [5.41, 5.74) is 3.58. The minimum atomic E-state index is -0.539. The summed E-state index contributed by atoms with van der Waals surface area (Å²) in [4.78, 5) is 18.5. The van der Waals surface area contributed by atoms with Crippen LogP contribution in [0, 0.1) is 5.82 Å². The van der Waals surface area contributed by atoms with E-state index in [0.717, 1.165) is 4.90 Å². The SMILES string of the molecule is CSc1ccc(C(=O)Nc2ccc(Cl)c(-c3ccccn3)c2)c(-c2ccc(Cl)c(F)c2)c1. The van der Waals surface area contributed by atoms with Crippen LogP contribution >= 0.6 is 35.0 Å². The lowest BCUT2D eigenvalue weighted by Crippen LogP contribution is -2.13. The summed E-state index contributed by atoms with van der Waals surface area (Å²) in [6.07, 6.45) is 3.62. The number of nitrogens with one attached hydrogen (secondary N) is 1. The fourth-order valence-electron chi connectivity index (χ4n) is 3.27. The molecule has 3 aromatic carbocycles. The summed E-state index contributed by atoms with van der Waals surface area (Å²) < 4.78 is 14.1. The third-order valence-corrected chi connectivity index (χ3v) is 6.23. The minimum absolute atomic E-state index is 0.0315. The second-order valence-electron chi connectivity index (χ2n) is 6.90. The fourth-order valence-corrected chi connectivity index (χ4v) is 4.04. The number of rotatable bonds is 5. The van der Waals surface area contributed by atoms with Gasteiger partial charge in [0.2, 0.25) is 0 Å². The van der Waals surface area contributed by atoms with E-state index < -0.39 is 5.82 Å². The van der Waals surface area contributed by atoms with Crippen LogP contribution in [0.25, 0.3) is 22.4 Å². The average Bonchev–Trinajstić information content (AvgIpc) is 2.82. The normalized spacial score (nSPS) is 10.8. The van der Waals surface area contributed by atoms with Crippen molar-refractivity contribution in [3.8, 4) is 22.4 Å². The number of halogens is 3. The third kappa shape index (κ3) is 4.80. The number of hydrogen-bond acceptors (Lipinski definition) is 3. The number of thioether (sulfide) groups is 1. The Kier molecular flexibility index (Phi) is 6.80. The van der Waals surface area contributed by atoms with Crippen molar-refractivity contribution in [2.24, 2.45) is 0 Å². The van der Waals surface area contributed by atoms with Gasteiger partial charge in [-0.3, -0.25) is 9.78 Å². The van der Waals surface area contributed by atoms with Crippen molar-refractivity contribution in [2.45, 2.75) is 4.90 Å². The van der Waals surface area contributed by atoms with E-state index in [1.807, 2.05) is 36.6 Å². The molecule has 0 aliphatic heterocycles. The molecule has 1 amide bonds. The van der Waals surface area contributed by atoms with Crippen molar-refractivity contribution >= 4 is 46.6 Å². The average molecular weight is 483 g/mol. The van der Waals surface area contributed by atoms with Gasteiger partial charge in [0.1, 0.15) is 5.82 Å². The number of hydrogen-bond donors (Lipinski definition) is 1. The zero-order valence-corrected chi connectivity index (χ0v) is 19.2. The first-order valence-electron chi connectivity index (χ1n) is 9.62. The highest BCUT2D eigenvalue weighted by molar-refractivity contribution is 7.98. The van der Waals surface area contributed by atoms with Crippen LogP contribution in [0.2, 0.25) is 10.0 Å². The van der Waals surface area contributed by atoms with E-state index in [2.05, 4.69) is 10.3 Å². The van der Waals surface area contributed by atoms with Gasteiger partial charge in [-0.2, -0.15) is 0 Å². The first-order chi connectivity index (χ1) is 15.5. The number of anilines is 1. The van der Waals surface area contributed by atoms with Gasteiger partial charge >= 0.3 is 0 Å². The molecular weight excluding hydrogens is 466 g/mol. The molecule has 1 heterocycles. The Balaban J connectivity index is 1.71. The number of carbonyl (C=O) groups excluding carboxylic acids is 1. The largest absolute Gasteiger partial charge is 0.322 e. The van der Waals surface area contributed by atoms with Gasteiger partial charge in [-0.15, -0.1) is 11.8 Å². The highest BCUT2D eigenvalue weighted by atomic mass is 35.5. The molecule has 1 aromatic heterocycles. The van der Waals surface area contributed by atoms with Crippen LogP contribution in [-0.4, -0.2) is 17.1 Å². The van der Waals surface area contributed by atoms with Crippen LogP contribution in [0.1, 0.15) is 10.4 Å². The number of aromatic nitrogens is 1. The number of nitrogens with zero attached hydrogens (tertiary/aromatic N) is 1. The molecule has 0 radical (unpaired) electrons. The first kappa shape index (κ1) is 22.3. The van der Waals surface area contributed by atoms with E-state index in [1.165, 1.54) is 23.9 Å². The molecule has 1 N–H and O–H groups in total. The molecule has 0 spiro atoms. The number of carbonyl (C=O) groups is 1. The summed E-state index contributed by atoms with van der Waals surface area (Å²) in [6.45, 7) is 0. The lowest BCUT2D eigenvalue weighted by atomic mass is 9.99. The van der Waals surface area contributed by atoms with E-state index >= 15 is 0 Å². The predicted molar refractivity (Wildman–Crippen MR) is 131 cm³/mol.